The zero-order valence-corrected chi connectivity index (χ0v) is 15.2. The molecule has 1 aliphatic carbocycles. The molecule has 1 aromatic carbocycles. The molecule has 0 bridgehead atoms. The summed E-state index contributed by atoms with van der Waals surface area (Å²) in [6.07, 6.45) is 2.15. The molecule has 3 nitrogen and oxygen atoms in total. The first-order chi connectivity index (χ1) is 10.6. The van der Waals surface area contributed by atoms with E-state index >= 15 is 0 Å². The van der Waals surface area contributed by atoms with Crippen molar-refractivity contribution in [2.24, 2.45) is 11.8 Å². The van der Waals surface area contributed by atoms with Crippen LogP contribution in [0.4, 0.5) is 0 Å². The molecule has 4 atom stereocenters. The normalized spacial score (nSPS) is 29.7. The van der Waals surface area contributed by atoms with E-state index in [4.69, 9.17) is 0 Å². The number of piperidine rings is 1. The molecule has 128 valence electrons. The molecule has 1 aromatic rings. The molecule has 2 N–H and O–H groups in total. The van der Waals surface area contributed by atoms with E-state index in [2.05, 4.69) is 55.7 Å². The Hall–Kier alpha value is -1.06. The van der Waals surface area contributed by atoms with E-state index in [1.165, 1.54) is 11.1 Å². The summed E-state index contributed by atoms with van der Waals surface area (Å²) in [5.41, 5.74) is 2.69. The summed E-state index contributed by atoms with van der Waals surface area (Å²) in [4.78, 5) is 12.4. The van der Waals surface area contributed by atoms with Gasteiger partial charge in [0.2, 0.25) is 5.91 Å². The summed E-state index contributed by atoms with van der Waals surface area (Å²) in [6.45, 7) is 8.64. The highest BCUT2D eigenvalue weighted by Crippen LogP contribution is 2.47. The maximum Gasteiger partial charge on any atom is 0.224 e. The number of hydrogen-bond acceptors (Lipinski definition) is 2. The van der Waals surface area contributed by atoms with Gasteiger partial charge in [0.1, 0.15) is 0 Å². The van der Waals surface area contributed by atoms with Gasteiger partial charge in [-0.15, -0.1) is 12.4 Å². The zero-order valence-electron chi connectivity index (χ0n) is 14.3. The second-order valence-electron chi connectivity index (χ2n) is 7.36. The average molecular weight is 337 g/mol. The van der Waals surface area contributed by atoms with Crippen LogP contribution in [0.1, 0.15) is 56.6 Å². The van der Waals surface area contributed by atoms with Crippen LogP contribution >= 0.6 is 12.4 Å². The van der Waals surface area contributed by atoms with Gasteiger partial charge in [-0.1, -0.05) is 45.0 Å². The van der Waals surface area contributed by atoms with Crippen LogP contribution < -0.4 is 10.6 Å². The Kier molecular flexibility index (Phi) is 6.10. The highest BCUT2D eigenvalue weighted by molar-refractivity contribution is 5.85. The van der Waals surface area contributed by atoms with Crippen molar-refractivity contribution < 1.29 is 4.79 Å². The average Bonchev–Trinajstić information content (AvgIpc) is 3.30. The van der Waals surface area contributed by atoms with Crippen molar-refractivity contribution in [1.82, 2.24) is 10.6 Å². The molecular formula is C19H29ClN2O. The van der Waals surface area contributed by atoms with Crippen molar-refractivity contribution in [2.75, 3.05) is 13.1 Å². The van der Waals surface area contributed by atoms with Crippen molar-refractivity contribution >= 4 is 18.3 Å². The minimum absolute atomic E-state index is 0. The van der Waals surface area contributed by atoms with Gasteiger partial charge in [0.25, 0.3) is 0 Å². The van der Waals surface area contributed by atoms with E-state index in [-0.39, 0.29) is 24.2 Å². The summed E-state index contributed by atoms with van der Waals surface area (Å²) < 4.78 is 0. The number of carbonyl (C=O) groups is 1. The number of halogens is 1. The predicted octanol–water partition coefficient (Wildman–Crippen LogP) is 3.45. The minimum atomic E-state index is 0. The van der Waals surface area contributed by atoms with Crippen LogP contribution in [-0.2, 0) is 4.79 Å². The van der Waals surface area contributed by atoms with Gasteiger partial charge in [0, 0.05) is 18.5 Å². The molecule has 2 aliphatic rings. The standard InChI is InChI=1S/C19H28N2O.ClH/c1-12(2)14-4-6-15(7-5-14)16-10-17(16)19(22)21-18-11-20-9-8-13(18)3;/h4-7,12-13,16-18,20H,8-11H2,1-3H3,(H,21,22);1H. The van der Waals surface area contributed by atoms with Crippen LogP contribution in [0, 0.1) is 11.8 Å². The van der Waals surface area contributed by atoms with E-state index in [1.54, 1.807) is 0 Å². The highest BCUT2D eigenvalue weighted by Gasteiger charge is 2.44. The Bertz CT molecular complexity index is 529. The number of hydrogen-bond donors (Lipinski definition) is 2. The quantitative estimate of drug-likeness (QED) is 0.884. The number of benzene rings is 1. The lowest BCUT2D eigenvalue weighted by Gasteiger charge is -2.30. The van der Waals surface area contributed by atoms with Gasteiger partial charge in [-0.2, -0.15) is 0 Å². The molecule has 2 fully saturated rings. The Morgan fingerprint density at radius 3 is 2.57 bits per heavy atom. The number of amides is 1. The van der Waals surface area contributed by atoms with Crippen molar-refractivity contribution in [3.8, 4) is 0 Å². The summed E-state index contributed by atoms with van der Waals surface area (Å²) in [5.74, 6) is 1.99. The smallest absolute Gasteiger partial charge is 0.224 e. The first-order valence-electron chi connectivity index (χ1n) is 8.67. The van der Waals surface area contributed by atoms with Crippen molar-refractivity contribution in [3.05, 3.63) is 35.4 Å². The Labute approximate surface area is 146 Å². The fourth-order valence-electron chi connectivity index (χ4n) is 3.45. The summed E-state index contributed by atoms with van der Waals surface area (Å²) in [5, 5.41) is 6.63. The third-order valence-electron chi connectivity index (χ3n) is 5.31. The maximum absolute atomic E-state index is 12.4. The summed E-state index contributed by atoms with van der Waals surface area (Å²) >= 11 is 0. The molecule has 1 aliphatic heterocycles. The second kappa shape index (κ2) is 7.67. The molecule has 4 heteroatoms. The molecular weight excluding hydrogens is 308 g/mol. The van der Waals surface area contributed by atoms with Crippen LogP contribution in [-0.4, -0.2) is 25.0 Å². The lowest BCUT2D eigenvalue weighted by atomic mass is 9.94. The molecule has 1 saturated heterocycles. The topological polar surface area (TPSA) is 41.1 Å². The Morgan fingerprint density at radius 2 is 1.96 bits per heavy atom. The van der Waals surface area contributed by atoms with Gasteiger partial charge in [0.15, 0.2) is 0 Å². The number of rotatable bonds is 4. The van der Waals surface area contributed by atoms with Gasteiger partial charge in [-0.3, -0.25) is 4.79 Å². The molecule has 4 unspecified atom stereocenters. The molecule has 1 saturated carbocycles. The van der Waals surface area contributed by atoms with Crippen LogP contribution in [0.3, 0.4) is 0 Å². The summed E-state index contributed by atoms with van der Waals surface area (Å²) in [7, 11) is 0. The van der Waals surface area contributed by atoms with Crippen LogP contribution in [0.15, 0.2) is 24.3 Å². The van der Waals surface area contributed by atoms with Crippen molar-refractivity contribution in [3.63, 3.8) is 0 Å². The minimum Gasteiger partial charge on any atom is -0.352 e. The fraction of sp³-hybridized carbons (Fsp3) is 0.632. The van der Waals surface area contributed by atoms with E-state index in [0.717, 1.165) is 25.9 Å². The molecule has 0 radical (unpaired) electrons. The van der Waals surface area contributed by atoms with E-state index in [0.29, 0.717) is 23.8 Å². The monoisotopic (exact) mass is 336 g/mol. The molecule has 3 rings (SSSR count). The zero-order chi connectivity index (χ0) is 15.7. The largest absolute Gasteiger partial charge is 0.352 e. The van der Waals surface area contributed by atoms with Gasteiger partial charge in [-0.05, 0) is 48.3 Å². The Morgan fingerprint density at radius 1 is 1.26 bits per heavy atom. The number of nitrogens with one attached hydrogen (secondary N) is 2. The lowest BCUT2D eigenvalue weighted by Crippen LogP contribution is -2.50. The molecule has 0 spiro atoms. The number of carbonyl (C=O) groups excluding carboxylic acids is 1. The molecule has 1 amide bonds. The summed E-state index contributed by atoms with van der Waals surface area (Å²) in [6, 6.07) is 9.13. The first-order valence-corrected chi connectivity index (χ1v) is 8.67. The van der Waals surface area contributed by atoms with Crippen LogP contribution in [0.5, 0.6) is 0 Å². The van der Waals surface area contributed by atoms with Gasteiger partial charge >= 0.3 is 0 Å². The third-order valence-corrected chi connectivity index (χ3v) is 5.31. The molecule has 0 aromatic heterocycles. The highest BCUT2D eigenvalue weighted by atomic mass is 35.5. The van der Waals surface area contributed by atoms with Gasteiger partial charge < -0.3 is 10.6 Å². The molecule has 1 heterocycles. The van der Waals surface area contributed by atoms with Crippen LogP contribution in [0.2, 0.25) is 0 Å². The second-order valence-corrected chi connectivity index (χ2v) is 7.36. The predicted molar refractivity (Wildman–Crippen MR) is 97.2 cm³/mol. The SMILES string of the molecule is CC(C)c1ccc(C2CC2C(=O)NC2CNCCC2C)cc1.Cl. The Balaban J connectivity index is 0.00000192. The molecule has 23 heavy (non-hydrogen) atoms. The van der Waals surface area contributed by atoms with Gasteiger partial charge in [0.05, 0.1) is 0 Å². The third kappa shape index (κ3) is 4.27. The van der Waals surface area contributed by atoms with E-state index in [9.17, 15) is 4.79 Å². The van der Waals surface area contributed by atoms with E-state index < -0.39 is 0 Å². The maximum atomic E-state index is 12.4. The first kappa shape index (κ1) is 18.3. The van der Waals surface area contributed by atoms with E-state index in [1.807, 2.05) is 0 Å². The van der Waals surface area contributed by atoms with Crippen molar-refractivity contribution in [2.45, 2.75) is 51.5 Å². The lowest BCUT2D eigenvalue weighted by molar-refractivity contribution is -0.123. The van der Waals surface area contributed by atoms with Crippen LogP contribution in [0.25, 0.3) is 0 Å². The van der Waals surface area contributed by atoms with Gasteiger partial charge in [-0.25, -0.2) is 0 Å². The fourth-order valence-corrected chi connectivity index (χ4v) is 3.45. The van der Waals surface area contributed by atoms with Crippen molar-refractivity contribution in [1.29, 1.82) is 0 Å².